The normalized spacial score (nSPS) is 15.3. The molecule has 0 aliphatic carbocycles. The van der Waals surface area contributed by atoms with E-state index in [0.717, 1.165) is 49.5 Å². The average Bonchev–Trinajstić information content (AvgIpc) is 3.11. The molecule has 1 aliphatic heterocycles. The number of halogens is 1. The third kappa shape index (κ3) is 3.88. The van der Waals surface area contributed by atoms with E-state index in [2.05, 4.69) is 52.0 Å². The monoisotopic (exact) mass is 364 g/mol. The van der Waals surface area contributed by atoms with Gasteiger partial charge in [0, 0.05) is 55.7 Å². The van der Waals surface area contributed by atoms with E-state index in [-0.39, 0.29) is 5.82 Å². The van der Waals surface area contributed by atoms with Crippen LogP contribution in [0.5, 0.6) is 0 Å². The number of aromatic nitrogens is 2. The molecule has 1 fully saturated rings. The molecular weight excluding hydrogens is 339 g/mol. The molecule has 0 bridgehead atoms. The number of aromatic amines is 1. The number of piperazine rings is 1. The first-order chi connectivity index (χ1) is 13.1. The fourth-order valence-corrected chi connectivity index (χ4v) is 3.84. The van der Waals surface area contributed by atoms with Crippen LogP contribution in [0, 0.1) is 19.7 Å². The number of H-pyrrole nitrogens is 1. The highest BCUT2D eigenvalue weighted by Gasteiger charge is 2.20. The van der Waals surface area contributed by atoms with E-state index in [1.165, 1.54) is 28.9 Å². The minimum atomic E-state index is -0.224. The molecule has 5 heteroatoms. The Hall–Kier alpha value is -2.66. The highest BCUT2D eigenvalue weighted by Crippen LogP contribution is 2.25. The molecule has 1 aromatic heterocycles. The number of anilines is 1. The second-order valence-electron chi connectivity index (χ2n) is 7.32. The molecule has 1 aliphatic rings. The molecule has 4 rings (SSSR count). The molecular formula is C22H25FN4. The predicted octanol–water partition coefficient (Wildman–Crippen LogP) is 4.15. The highest BCUT2D eigenvalue weighted by atomic mass is 19.1. The van der Waals surface area contributed by atoms with Crippen molar-refractivity contribution in [3.8, 4) is 11.3 Å². The Bertz CT molecular complexity index is 908. The number of rotatable bonds is 4. The number of hydrogen-bond donors (Lipinski definition) is 1. The van der Waals surface area contributed by atoms with Crippen molar-refractivity contribution in [1.82, 2.24) is 15.1 Å². The van der Waals surface area contributed by atoms with Crippen molar-refractivity contribution in [2.24, 2.45) is 0 Å². The van der Waals surface area contributed by atoms with Gasteiger partial charge in [-0.15, -0.1) is 0 Å². The van der Waals surface area contributed by atoms with Crippen LogP contribution in [0.25, 0.3) is 11.3 Å². The van der Waals surface area contributed by atoms with Crippen molar-refractivity contribution < 1.29 is 4.39 Å². The molecule has 0 unspecified atom stereocenters. The molecule has 1 N–H and O–H groups in total. The van der Waals surface area contributed by atoms with Gasteiger partial charge in [0.1, 0.15) is 5.82 Å². The lowest BCUT2D eigenvalue weighted by molar-refractivity contribution is 0.250. The van der Waals surface area contributed by atoms with E-state index in [0.29, 0.717) is 0 Å². The van der Waals surface area contributed by atoms with Gasteiger partial charge in [0.25, 0.3) is 0 Å². The Balaban J connectivity index is 1.41. The molecule has 1 saturated heterocycles. The van der Waals surface area contributed by atoms with Crippen LogP contribution in [0.15, 0.2) is 48.7 Å². The molecule has 0 spiro atoms. The summed E-state index contributed by atoms with van der Waals surface area (Å²) in [7, 11) is 0. The summed E-state index contributed by atoms with van der Waals surface area (Å²) in [6, 6.07) is 13.2. The summed E-state index contributed by atoms with van der Waals surface area (Å²) in [6.45, 7) is 9.25. The number of nitrogens with zero attached hydrogens (tertiary/aromatic N) is 3. The summed E-state index contributed by atoms with van der Waals surface area (Å²) in [4.78, 5) is 4.93. The molecule has 27 heavy (non-hydrogen) atoms. The first-order valence-electron chi connectivity index (χ1n) is 9.43. The van der Waals surface area contributed by atoms with Gasteiger partial charge >= 0.3 is 0 Å². The second-order valence-corrected chi connectivity index (χ2v) is 7.32. The average molecular weight is 364 g/mol. The van der Waals surface area contributed by atoms with E-state index in [1.807, 2.05) is 6.20 Å². The topological polar surface area (TPSA) is 35.2 Å². The maximum atomic E-state index is 13.2. The SMILES string of the molecule is Cc1ccc(N2CCN(Cc3c[nH]nc3-c3ccc(F)cc3)CC2)c(C)c1. The third-order valence-corrected chi connectivity index (χ3v) is 5.30. The van der Waals surface area contributed by atoms with Gasteiger partial charge in [0.2, 0.25) is 0 Å². The van der Waals surface area contributed by atoms with Crippen molar-refractivity contribution in [2.45, 2.75) is 20.4 Å². The van der Waals surface area contributed by atoms with Crippen LogP contribution < -0.4 is 4.90 Å². The van der Waals surface area contributed by atoms with E-state index in [4.69, 9.17) is 0 Å². The third-order valence-electron chi connectivity index (χ3n) is 5.30. The largest absolute Gasteiger partial charge is 0.369 e. The van der Waals surface area contributed by atoms with Crippen molar-refractivity contribution >= 4 is 5.69 Å². The van der Waals surface area contributed by atoms with Crippen molar-refractivity contribution in [3.05, 3.63) is 71.2 Å². The lowest BCUT2D eigenvalue weighted by Crippen LogP contribution is -2.46. The van der Waals surface area contributed by atoms with Gasteiger partial charge in [0.05, 0.1) is 5.69 Å². The van der Waals surface area contributed by atoms with Crippen LogP contribution in [0.3, 0.4) is 0 Å². The van der Waals surface area contributed by atoms with Crippen LogP contribution in [-0.2, 0) is 6.54 Å². The lowest BCUT2D eigenvalue weighted by atomic mass is 10.1. The van der Waals surface area contributed by atoms with Gasteiger partial charge in [-0.05, 0) is 49.7 Å². The van der Waals surface area contributed by atoms with Crippen LogP contribution in [0.2, 0.25) is 0 Å². The van der Waals surface area contributed by atoms with Gasteiger partial charge in [-0.1, -0.05) is 17.7 Å². The Morgan fingerprint density at radius 3 is 2.44 bits per heavy atom. The van der Waals surface area contributed by atoms with Gasteiger partial charge < -0.3 is 4.90 Å². The van der Waals surface area contributed by atoms with Crippen LogP contribution in [0.1, 0.15) is 16.7 Å². The fraction of sp³-hybridized carbons (Fsp3) is 0.318. The maximum absolute atomic E-state index is 13.2. The number of aryl methyl sites for hydroxylation is 2. The van der Waals surface area contributed by atoms with Gasteiger partial charge in [0.15, 0.2) is 0 Å². The second kappa shape index (κ2) is 7.53. The van der Waals surface area contributed by atoms with Gasteiger partial charge in [-0.25, -0.2) is 4.39 Å². The summed E-state index contributed by atoms with van der Waals surface area (Å²) >= 11 is 0. The quantitative estimate of drug-likeness (QED) is 0.755. The van der Waals surface area contributed by atoms with E-state index < -0.39 is 0 Å². The predicted molar refractivity (Wildman–Crippen MR) is 107 cm³/mol. The standard InChI is InChI=1S/C22H25FN4/c1-16-3-8-21(17(2)13-16)27-11-9-26(10-12-27)15-19-14-24-25-22(19)18-4-6-20(23)7-5-18/h3-8,13-14H,9-12,15H2,1-2H3,(H,24,25). The summed E-state index contributed by atoms with van der Waals surface area (Å²) in [5.74, 6) is -0.224. The van der Waals surface area contributed by atoms with E-state index >= 15 is 0 Å². The maximum Gasteiger partial charge on any atom is 0.123 e. The molecule has 2 heterocycles. The van der Waals surface area contributed by atoms with Crippen molar-refractivity contribution in [3.63, 3.8) is 0 Å². The Kier molecular flexibility index (Phi) is 4.94. The molecule has 0 amide bonds. The summed E-state index contributed by atoms with van der Waals surface area (Å²) in [5, 5.41) is 7.35. The molecule has 4 nitrogen and oxygen atoms in total. The van der Waals surface area contributed by atoms with Crippen molar-refractivity contribution in [2.75, 3.05) is 31.1 Å². The minimum absolute atomic E-state index is 0.224. The van der Waals surface area contributed by atoms with Crippen LogP contribution in [-0.4, -0.2) is 41.3 Å². The smallest absolute Gasteiger partial charge is 0.123 e. The van der Waals surface area contributed by atoms with Crippen LogP contribution in [0.4, 0.5) is 10.1 Å². The molecule has 0 radical (unpaired) electrons. The van der Waals surface area contributed by atoms with Gasteiger partial charge in [-0.3, -0.25) is 10.00 Å². The minimum Gasteiger partial charge on any atom is -0.369 e. The summed E-state index contributed by atoms with van der Waals surface area (Å²) in [6.07, 6.45) is 1.95. The molecule has 2 aromatic carbocycles. The zero-order chi connectivity index (χ0) is 18.8. The lowest BCUT2D eigenvalue weighted by Gasteiger charge is -2.36. The first-order valence-corrected chi connectivity index (χ1v) is 9.43. The zero-order valence-corrected chi connectivity index (χ0v) is 15.9. The molecule has 0 saturated carbocycles. The van der Waals surface area contributed by atoms with E-state index in [1.54, 1.807) is 12.1 Å². The van der Waals surface area contributed by atoms with E-state index in [9.17, 15) is 4.39 Å². The van der Waals surface area contributed by atoms with Crippen LogP contribution >= 0.6 is 0 Å². The molecule has 0 atom stereocenters. The number of nitrogens with one attached hydrogen (secondary N) is 1. The van der Waals surface area contributed by atoms with Gasteiger partial charge in [-0.2, -0.15) is 5.10 Å². The number of hydrogen-bond acceptors (Lipinski definition) is 3. The molecule has 140 valence electrons. The molecule has 3 aromatic rings. The summed E-state index contributed by atoms with van der Waals surface area (Å²) < 4.78 is 13.2. The first kappa shape index (κ1) is 17.7. The highest BCUT2D eigenvalue weighted by molar-refractivity contribution is 5.62. The Morgan fingerprint density at radius 2 is 1.74 bits per heavy atom. The van der Waals surface area contributed by atoms with Crippen molar-refractivity contribution in [1.29, 1.82) is 0 Å². The Labute approximate surface area is 159 Å². The fourth-order valence-electron chi connectivity index (χ4n) is 3.84. The summed E-state index contributed by atoms with van der Waals surface area (Å²) in [5.41, 5.74) is 7.01. The Morgan fingerprint density at radius 1 is 1.00 bits per heavy atom. The number of benzene rings is 2. The zero-order valence-electron chi connectivity index (χ0n) is 15.9.